The molecule has 1 aromatic rings. The fourth-order valence-corrected chi connectivity index (χ4v) is 2.91. The van der Waals surface area contributed by atoms with Gasteiger partial charge in [0.2, 0.25) is 0 Å². The van der Waals surface area contributed by atoms with Crippen molar-refractivity contribution in [2.75, 3.05) is 5.75 Å². The number of fused-ring (bicyclic) bond motifs is 1. The van der Waals surface area contributed by atoms with Gasteiger partial charge in [-0.1, -0.05) is 6.07 Å². The Hall–Kier alpha value is -0.960. The summed E-state index contributed by atoms with van der Waals surface area (Å²) in [5, 5.41) is 9.80. The first-order valence-electron chi connectivity index (χ1n) is 4.60. The molecule has 0 saturated heterocycles. The molecule has 1 N–H and O–H groups in total. The number of hydrogen-bond acceptors (Lipinski definition) is 3. The number of thioether (sulfide) groups is 1. The molecule has 3 heteroatoms. The van der Waals surface area contributed by atoms with E-state index in [-0.39, 0.29) is 11.5 Å². The van der Waals surface area contributed by atoms with Crippen LogP contribution in [0.5, 0.6) is 5.75 Å². The molecular weight excluding hydrogens is 196 g/mol. The van der Waals surface area contributed by atoms with Gasteiger partial charge in [-0.05, 0) is 25.0 Å². The van der Waals surface area contributed by atoms with Crippen molar-refractivity contribution in [2.24, 2.45) is 0 Å². The van der Waals surface area contributed by atoms with Crippen molar-refractivity contribution in [2.45, 2.75) is 25.2 Å². The summed E-state index contributed by atoms with van der Waals surface area (Å²) in [6.45, 7) is 3.81. The summed E-state index contributed by atoms with van der Waals surface area (Å²) in [5.41, 5.74) is 2.42. The van der Waals surface area contributed by atoms with E-state index in [0.717, 1.165) is 21.8 Å². The van der Waals surface area contributed by atoms with Crippen molar-refractivity contribution in [3.8, 4) is 5.75 Å². The van der Waals surface area contributed by atoms with Crippen LogP contribution in [0.2, 0.25) is 0 Å². The lowest BCUT2D eigenvalue weighted by Gasteiger charge is -2.18. The third-order valence-electron chi connectivity index (χ3n) is 2.48. The summed E-state index contributed by atoms with van der Waals surface area (Å²) in [4.78, 5) is 12.6. The van der Waals surface area contributed by atoms with Gasteiger partial charge in [0, 0.05) is 17.1 Å². The first-order chi connectivity index (χ1) is 6.61. The van der Waals surface area contributed by atoms with Gasteiger partial charge in [0.05, 0.1) is 5.56 Å². The maximum Gasteiger partial charge on any atom is 0.168 e. The van der Waals surface area contributed by atoms with Crippen LogP contribution in [-0.2, 0) is 0 Å². The lowest BCUT2D eigenvalue weighted by molar-refractivity contribution is 0.0981. The summed E-state index contributed by atoms with van der Waals surface area (Å²) >= 11 is 1.66. The number of carbonyl (C=O) groups is 1. The SMILES string of the molecule is Cc1cc(C)c2c(c1O)C(=O)CCS2. The molecule has 0 aliphatic carbocycles. The first kappa shape index (κ1) is 9.59. The van der Waals surface area contributed by atoms with E-state index >= 15 is 0 Å². The van der Waals surface area contributed by atoms with Crippen LogP contribution in [0.3, 0.4) is 0 Å². The van der Waals surface area contributed by atoms with Crippen molar-refractivity contribution in [3.63, 3.8) is 0 Å². The molecule has 1 heterocycles. The maximum atomic E-state index is 11.6. The smallest absolute Gasteiger partial charge is 0.168 e. The predicted molar refractivity (Wildman–Crippen MR) is 57.3 cm³/mol. The van der Waals surface area contributed by atoms with E-state index in [2.05, 4.69) is 0 Å². The fourth-order valence-electron chi connectivity index (χ4n) is 1.78. The molecule has 0 fully saturated rings. The van der Waals surface area contributed by atoms with Crippen molar-refractivity contribution >= 4 is 17.5 Å². The summed E-state index contributed by atoms with van der Waals surface area (Å²) in [6.07, 6.45) is 0.536. The number of hydrogen-bond donors (Lipinski definition) is 1. The quantitative estimate of drug-likeness (QED) is 0.712. The van der Waals surface area contributed by atoms with E-state index in [9.17, 15) is 9.90 Å². The Morgan fingerprint density at radius 1 is 1.36 bits per heavy atom. The second kappa shape index (κ2) is 3.31. The number of aromatic hydroxyl groups is 1. The normalized spacial score (nSPS) is 15.4. The highest BCUT2D eigenvalue weighted by Gasteiger charge is 2.24. The van der Waals surface area contributed by atoms with Gasteiger partial charge in [-0.25, -0.2) is 0 Å². The maximum absolute atomic E-state index is 11.6. The summed E-state index contributed by atoms with van der Waals surface area (Å²) < 4.78 is 0. The van der Waals surface area contributed by atoms with Crippen molar-refractivity contribution in [1.82, 2.24) is 0 Å². The van der Waals surface area contributed by atoms with Crippen LogP contribution in [0.25, 0.3) is 0 Å². The molecule has 2 rings (SSSR count). The van der Waals surface area contributed by atoms with Gasteiger partial charge < -0.3 is 5.11 Å². The fraction of sp³-hybridized carbons (Fsp3) is 0.364. The van der Waals surface area contributed by atoms with E-state index in [4.69, 9.17) is 0 Å². The minimum absolute atomic E-state index is 0.0723. The average Bonchev–Trinajstić information content (AvgIpc) is 2.14. The standard InChI is InChI=1S/C11H12O2S/c1-6-5-7(2)11-9(10(6)13)8(12)3-4-14-11/h5,13H,3-4H2,1-2H3. The first-order valence-corrected chi connectivity index (χ1v) is 5.59. The molecule has 1 aliphatic rings. The monoisotopic (exact) mass is 208 g/mol. The highest BCUT2D eigenvalue weighted by atomic mass is 32.2. The van der Waals surface area contributed by atoms with Crippen LogP contribution >= 0.6 is 11.8 Å². The van der Waals surface area contributed by atoms with Gasteiger partial charge >= 0.3 is 0 Å². The number of phenols is 1. The van der Waals surface area contributed by atoms with E-state index < -0.39 is 0 Å². The van der Waals surface area contributed by atoms with Crippen LogP contribution in [0.1, 0.15) is 27.9 Å². The number of rotatable bonds is 0. The molecule has 0 saturated carbocycles. The van der Waals surface area contributed by atoms with Crippen LogP contribution in [-0.4, -0.2) is 16.6 Å². The van der Waals surface area contributed by atoms with Crippen molar-refractivity contribution < 1.29 is 9.90 Å². The predicted octanol–water partition coefficient (Wildman–Crippen LogP) is 2.69. The molecule has 0 radical (unpaired) electrons. The highest BCUT2D eigenvalue weighted by molar-refractivity contribution is 7.99. The number of ketones is 1. The van der Waals surface area contributed by atoms with Gasteiger partial charge in [-0.15, -0.1) is 11.8 Å². The topological polar surface area (TPSA) is 37.3 Å². The van der Waals surface area contributed by atoms with E-state index in [1.165, 1.54) is 0 Å². The zero-order valence-electron chi connectivity index (χ0n) is 8.26. The van der Waals surface area contributed by atoms with E-state index in [1.54, 1.807) is 11.8 Å². The Kier molecular flexibility index (Phi) is 2.27. The largest absolute Gasteiger partial charge is 0.507 e. The zero-order valence-corrected chi connectivity index (χ0v) is 9.07. The second-order valence-electron chi connectivity index (χ2n) is 3.58. The van der Waals surface area contributed by atoms with Crippen LogP contribution in [0.4, 0.5) is 0 Å². The third-order valence-corrected chi connectivity index (χ3v) is 3.71. The number of Topliss-reactive ketones (excluding diaryl/α,β-unsaturated/α-hetero) is 1. The second-order valence-corrected chi connectivity index (χ2v) is 4.69. The van der Waals surface area contributed by atoms with Gasteiger partial charge in [0.15, 0.2) is 5.78 Å². The number of benzene rings is 1. The van der Waals surface area contributed by atoms with Crippen LogP contribution in [0, 0.1) is 13.8 Å². The average molecular weight is 208 g/mol. The molecule has 0 bridgehead atoms. The Labute approximate surface area is 87.3 Å². The zero-order chi connectivity index (χ0) is 10.3. The molecule has 0 unspecified atom stereocenters. The van der Waals surface area contributed by atoms with Crippen molar-refractivity contribution in [1.29, 1.82) is 0 Å². The lowest BCUT2D eigenvalue weighted by Crippen LogP contribution is -2.10. The van der Waals surface area contributed by atoms with E-state index in [1.807, 2.05) is 19.9 Å². The Morgan fingerprint density at radius 2 is 2.07 bits per heavy atom. The molecule has 0 spiro atoms. The number of aryl methyl sites for hydroxylation is 2. The van der Waals surface area contributed by atoms with Gasteiger partial charge in [-0.2, -0.15) is 0 Å². The minimum atomic E-state index is 0.0723. The van der Waals surface area contributed by atoms with Crippen molar-refractivity contribution in [3.05, 3.63) is 22.8 Å². The highest BCUT2D eigenvalue weighted by Crippen LogP contribution is 2.39. The molecule has 1 aromatic carbocycles. The van der Waals surface area contributed by atoms with E-state index in [0.29, 0.717) is 12.0 Å². The third kappa shape index (κ3) is 1.32. The molecule has 2 nitrogen and oxygen atoms in total. The molecule has 0 amide bonds. The Bertz CT molecular complexity index is 410. The van der Waals surface area contributed by atoms with Gasteiger partial charge in [-0.3, -0.25) is 4.79 Å². The molecular formula is C11H12O2S. The minimum Gasteiger partial charge on any atom is -0.507 e. The van der Waals surface area contributed by atoms with Crippen LogP contribution < -0.4 is 0 Å². The summed E-state index contributed by atoms with van der Waals surface area (Å²) in [5.74, 6) is 1.07. The Balaban J connectivity index is 2.73. The summed E-state index contributed by atoms with van der Waals surface area (Å²) in [7, 11) is 0. The van der Waals surface area contributed by atoms with Gasteiger partial charge in [0.1, 0.15) is 5.75 Å². The van der Waals surface area contributed by atoms with Crippen LogP contribution in [0.15, 0.2) is 11.0 Å². The number of carbonyl (C=O) groups excluding carboxylic acids is 1. The molecule has 0 atom stereocenters. The van der Waals surface area contributed by atoms with Gasteiger partial charge in [0.25, 0.3) is 0 Å². The molecule has 0 aromatic heterocycles. The number of phenolic OH excluding ortho intramolecular Hbond substituents is 1. The molecule has 14 heavy (non-hydrogen) atoms. The summed E-state index contributed by atoms with van der Waals surface area (Å²) in [6, 6.07) is 1.93. The molecule has 74 valence electrons. The molecule has 1 aliphatic heterocycles. The lowest BCUT2D eigenvalue weighted by atomic mass is 10.0. The Morgan fingerprint density at radius 3 is 2.79 bits per heavy atom.